The van der Waals surface area contributed by atoms with Crippen LogP contribution in [0.3, 0.4) is 0 Å². The number of aryl methyl sites for hydroxylation is 1. The Hall–Kier alpha value is -2.96. The van der Waals surface area contributed by atoms with Crippen molar-refractivity contribution in [2.24, 2.45) is 0 Å². The van der Waals surface area contributed by atoms with E-state index >= 15 is 0 Å². The number of amides is 1. The summed E-state index contributed by atoms with van der Waals surface area (Å²) in [5.41, 5.74) is 3.65. The number of benzene rings is 1. The van der Waals surface area contributed by atoms with E-state index in [-0.39, 0.29) is 5.91 Å². The zero-order chi connectivity index (χ0) is 18.8. The standard InChI is InChI=1S/C20H24N6O/c1-15-19(16(2)25(23-15)12-17-6-4-3-5-7-17)20(27)24-10-8-18(9-11-24)26-14-21-13-22-26/h3-7,13-14,18H,8-12H2,1-2H3. The molecule has 3 heterocycles. The lowest BCUT2D eigenvalue weighted by atomic mass is 10.0. The average molecular weight is 364 g/mol. The van der Waals surface area contributed by atoms with Crippen LogP contribution in [-0.2, 0) is 6.54 Å². The molecule has 1 aliphatic rings. The van der Waals surface area contributed by atoms with Crippen molar-refractivity contribution in [1.29, 1.82) is 0 Å². The fourth-order valence-corrected chi connectivity index (χ4v) is 3.81. The second kappa shape index (κ2) is 7.34. The number of carbonyl (C=O) groups is 1. The highest BCUT2D eigenvalue weighted by Crippen LogP contribution is 2.24. The molecule has 140 valence electrons. The van der Waals surface area contributed by atoms with Crippen molar-refractivity contribution < 1.29 is 4.79 Å². The van der Waals surface area contributed by atoms with E-state index in [1.54, 1.807) is 12.7 Å². The third-order valence-corrected chi connectivity index (χ3v) is 5.33. The molecule has 1 amide bonds. The van der Waals surface area contributed by atoms with E-state index in [1.807, 2.05) is 46.3 Å². The van der Waals surface area contributed by atoms with Crippen LogP contribution in [0.25, 0.3) is 0 Å². The maximum Gasteiger partial charge on any atom is 0.257 e. The number of nitrogens with zero attached hydrogens (tertiary/aromatic N) is 6. The van der Waals surface area contributed by atoms with Crippen LogP contribution in [0.2, 0.25) is 0 Å². The number of rotatable bonds is 4. The third kappa shape index (κ3) is 3.49. The van der Waals surface area contributed by atoms with Gasteiger partial charge in [-0.2, -0.15) is 10.2 Å². The molecule has 3 aromatic rings. The fraction of sp³-hybridized carbons (Fsp3) is 0.400. The van der Waals surface area contributed by atoms with Crippen LogP contribution in [0, 0.1) is 13.8 Å². The summed E-state index contributed by atoms with van der Waals surface area (Å²) in [6, 6.07) is 10.5. The Kier molecular flexibility index (Phi) is 4.75. The summed E-state index contributed by atoms with van der Waals surface area (Å²) < 4.78 is 3.83. The zero-order valence-electron chi connectivity index (χ0n) is 15.7. The number of aromatic nitrogens is 5. The minimum atomic E-state index is 0.0846. The summed E-state index contributed by atoms with van der Waals surface area (Å²) in [6.45, 7) is 6.04. The third-order valence-electron chi connectivity index (χ3n) is 5.33. The second-order valence-corrected chi connectivity index (χ2v) is 7.09. The average Bonchev–Trinajstić information content (AvgIpc) is 3.31. The lowest BCUT2D eigenvalue weighted by molar-refractivity contribution is 0.0688. The summed E-state index contributed by atoms with van der Waals surface area (Å²) >= 11 is 0. The highest BCUT2D eigenvalue weighted by atomic mass is 16.2. The van der Waals surface area contributed by atoms with Gasteiger partial charge >= 0.3 is 0 Å². The number of hydrogen-bond acceptors (Lipinski definition) is 4. The van der Waals surface area contributed by atoms with Crippen LogP contribution in [0.4, 0.5) is 0 Å². The Balaban J connectivity index is 1.48. The molecule has 0 bridgehead atoms. The van der Waals surface area contributed by atoms with Crippen molar-refractivity contribution in [1.82, 2.24) is 29.4 Å². The molecule has 27 heavy (non-hydrogen) atoms. The molecule has 0 unspecified atom stereocenters. The van der Waals surface area contributed by atoms with Crippen LogP contribution in [0.15, 0.2) is 43.0 Å². The van der Waals surface area contributed by atoms with Gasteiger partial charge in [-0.3, -0.25) is 9.48 Å². The topological polar surface area (TPSA) is 68.8 Å². The molecule has 2 aromatic heterocycles. The lowest BCUT2D eigenvalue weighted by Crippen LogP contribution is -2.39. The van der Waals surface area contributed by atoms with E-state index in [4.69, 9.17) is 0 Å². The van der Waals surface area contributed by atoms with Gasteiger partial charge in [0, 0.05) is 18.8 Å². The van der Waals surface area contributed by atoms with Gasteiger partial charge in [-0.05, 0) is 32.3 Å². The van der Waals surface area contributed by atoms with E-state index in [9.17, 15) is 4.79 Å². The van der Waals surface area contributed by atoms with Gasteiger partial charge < -0.3 is 4.90 Å². The highest BCUT2D eigenvalue weighted by molar-refractivity contribution is 5.96. The van der Waals surface area contributed by atoms with E-state index in [0.29, 0.717) is 12.6 Å². The minimum absolute atomic E-state index is 0.0846. The largest absolute Gasteiger partial charge is 0.338 e. The summed E-state index contributed by atoms with van der Waals surface area (Å²) in [5.74, 6) is 0.0846. The molecule has 1 fully saturated rings. The van der Waals surface area contributed by atoms with Crippen molar-refractivity contribution >= 4 is 5.91 Å². The molecular weight excluding hydrogens is 340 g/mol. The molecule has 0 spiro atoms. The lowest BCUT2D eigenvalue weighted by Gasteiger charge is -2.32. The van der Waals surface area contributed by atoms with Crippen molar-refractivity contribution in [2.75, 3.05) is 13.1 Å². The normalized spacial score (nSPS) is 15.3. The molecule has 0 aliphatic carbocycles. The van der Waals surface area contributed by atoms with Gasteiger partial charge in [0.25, 0.3) is 5.91 Å². The second-order valence-electron chi connectivity index (χ2n) is 7.09. The summed E-state index contributed by atoms with van der Waals surface area (Å²) in [5, 5.41) is 8.85. The molecule has 7 nitrogen and oxygen atoms in total. The number of hydrogen-bond donors (Lipinski definition) is 0. The number of likely N-dealkylation sites (tertiary alicyclic amines) is 1. The maximum atomic E-state index is 13.1. The Morgan fingerprint density at radius 1 is 1.15 bits per heavy atom. The molecule has 1 aromatic carbocycles. The van der Waals surface area contributed by atoms with Gasteiger partial charge in [0.1, 0.15) is 12.7 Å². The van der Waals surface area contributed by atoms with Gasteiger partial charge in [0.05, 0.1) is 23.8 Å². The van der Waals surface area contributed by atoms with Gasteiger partial charge in [0.2, 0.25) is 0 Å². The molecule has 1 saturated heterocycles. The Labute approximate surface area is 158 Å². The molecule has 0 atom stereocenters. The molecule has 4 rings (SSSR count). The summed E-state index contributed by atoms with van der Waals surface area (Å²) in [6.07, 6.45) is 5.10. The first kappa shape index (κ1) is 17.5. The van der Waals surface area contributed by atoms with E-state index in [0.717, 1.165) is 42.9 Å². The molecule has 0 radical (unpaired) electrons. The van der Waals surface area contributed by atoms with Crippen molar-refractivity contribution in [3.8, 4) is 0 Å². The molecular formula is C20H24N6O. The summed E-state index contributed by atoms with van der Waals surface area (Å²) in [4.78, 5) is 19.1. The SMILES string of the molecule is Cc1nn(Cc2ccccc2)c(C)c1C(=O)N1CCC(n2cncn2)CC1. The molecule has 0 N–H and O–H groups in total. The quantitative estimate of drug-likeness (QED) is 0.714. The first-order valence-corrected chi connectivity index (χ1v) is 9.35. The van der Waals surface area contributed by atoms with Crippen LogP contribution < -0.4 is 0 Å². The monoisotopic (exact) mass is 364 g/mol. The Morgan fingerprint density at radius 2 is 1.89 bits per heavy atom. The molecule has 0 saturated carbocycles. The van der Waals surface area contributed by atoms with Crippen LogP contribution >= 0.6 is 0 Å². The number of piperidine rings is 1. The van der Waals surface area contributed by atoms with Gasteiger partial charge in [-0.25, -0.2) is 9.67 Å². The fourth-order valence-electron chi connectivity index (χ4n) is 3.81. The van der Waals surface area contributed by atoms with E-state index in [2.05, 4.69) is 27.3 Å². The maximum absolute atomic E-state index is 13.1. The van der Waals surface area contributed by atoms with Gasteiger partial charge in [0.15, 0.2) is 0 Å². The van der Waals surface area contributed by atoms with Crippen LogP contribution in [0.1, 0.15) is 46.2 Å². The Morgan fingerprint density at radius 3 is 2.56 bits per heavy atom. The minimum Gasteiger partial charge on any atom is -0.338 e. The molecule has 1 aliphatic heterocycles. The highest BCUT2D eigenvalue weighted by Gasteiger charge is 2.28. The van der Waals surface area contributed by atoms with Crippen molar-refractivity contribution in [3.05, 3.63) is 65.5 Å². The van der Waals surface area contributed by atoms with Crippen molar-refractivity contribution in [3.63, 3.8) is 0 Å². The van der Waals surface area contributed by atoms with E-state index in [1.165, 1.54) is 5.56 Å². The smallest absolute Gasteiger partial charge is 0.257 e. The first-order valence-electron chi connectivity index (χ1n) is 9.35. The van der Waals surface area contributed by atoms with Crippen LogP contribution in [0.5, 0.6) is 0 Å². The summed E-state index contributed by atoms with van der Waals surface area (Å²) in [7, 11) is 0. The van der Waals surface area contributed by atoms with Crippen LogP contribution in [-0.4, -0.2) is 48.4 Å². The van der Waals surface area contributed by atoms with Gasteiger partial charge in [-0.1, -0.05) is 30.3 Å². The zero-order valence-corrected chi connectivity index (χ0v) is 15.7. The van der Waals surface area contributed by atoms with Crippen molar-refractivity contribution in [2.45, 2.75) is 39.3 Å². The first-order chi connectivity index (χ1) is 13.1. The van der Waals surface area contributed by atoms with Gasteiger partial charge in [-0.15, -0.1) is 0 Å². The molecule has 7 heteroatoms. The number of carbonyl (C=O) groups excluding carboxylic acids is 1. The predicted octanol–water partition coefficient (Wildman–Crippen LogP) is 2.62. The Bertz CT molecular complexity index is 908. The predicted molar refractivity (Wildman–Crippen MR) is 101 cm³/mol. The van der Waals surface area contributed by atoms with E-state index < -0.39 is 0 Å².